The lowest BCUT2D eigenvalue weighted by atomic mass is 10.1. The third-order valence-corrected chi connectivity index (χ3v) is 2.13. The highest BCUT2D eigenvalue weighted by Gasteiger charge is 2.06. The van der Waals surface area contributed by atoms with Crippen molar-refractivity contribution in [2.45, 2.75) is 12.8 Å². The second kappa shape index (κ2) is 5.16. The summed E-state index contributed by atoms with van der Waals surface area (Å²) in [5, 5.41) is 8.43. The summed E-state index contributed by atoms with van der Waals surface area (Å²) in [6.45, 7) is 0. The average Bonchev–Trinajstić information content (AvgIpc) is 2.26. The number of nitrogens with zero attached hydrogens (tertiary/aromatic N) is 2. The molecule has 0 radical (unpaired) electrons. The SMILES string of the molecule is CN(C)C(=O)c1ccc(CCC#N)cc1. The fourth-order valence-electron chi connectivity index (χ4n) is 1.27. The molecule has 1 amide bonds. The topological polar surface area (TPSA) is 44.1 Å². The fourth-order valence-corrected chi connectivity index (χ4v) is 1.27. The van der Waals surface area contributed by atoms with Crippen molar-refractivity contribution in [2.24, 2.45) is 0 Å². The molecule has 15 heavy (non-hydrogen) atoms. The number of hydrogen-bond donors (Lipinski definition) is 0. The first-order chi connectivity index (χ1) is 7.15. The summed E-state index contributed by atoms with van der Waals surface area (Å²) in [4.78, 5) is 13.1. The van der Waals surface area contributed by atoms with Crippen molar-refractivity contribution in [3.8, 4) is 6.07 Å². The van der Waals surface area contributed by atoms with Crippen LogP contribution in [-0.2, 0) is 6.42 Å². The Balaban J connectivity index is 2.73. The van der Waals surface area contributed by atoms with Gasteiger partial charge in [-0.3, -0.25) is 4.79 Å². The van der Waals surface area contributed by atoms with Gasteiger partial charge in [-0.25, -0.2) is 0 Å². The summed E-state index contributed by atoms with van der Waals surface area (Å²) in [7, 11) is 3.46. The number of rotatable bonds is 3. The van der Waals surface area contributed by atoms with Crippen molar-refractivity contribution in [3.63, 3.8) is 0 Å². The van der Waals surface area contributed by atoms with Gasteiger partial charge in [-0.05, 0) is 24.1 Å². The number of nitriles is 1. The van der Waals surface area contributed by atoms with E-state index in [0.717, 1.165) is 12.0 Å². The maximum atomic E-state index is 11.5. The number of amides is 1. The molecule has 0 saturated heterocycles. The Morgan fingerprint density at radius 2 is 1.93 bits per heavy atom. The van der Waals surface area contributed by atoms with Crippen molar-refractivity contribution >= 4 is 5.91 Å². The maximum Gasteiger partial charge on any atom is 0.253 e. The molecule has 1 aromatic rings. The van der Waals surface area contributed by atoms with E-state index < -0.39 is 0 Å². The monoisotopic (exact) mass is 202 g/mol. The van der Waals surface area contributed by atoms with Gasteiger partial charge in [0.1, 0.15) is 0 Å². The van der Waals surface area contributed by atoms with E-state index in [0.29, 0.717) is 12.0 Å². The van der Waals surface area contributed by atoms with Crippen molar-refractivity contribution in [3.05, 3.63) is 35.4 Å². The number of benzene rings is 1. The van der Waals surface area contributed by atoms with Crippen molar-refractivity contribution in [1.29, 1.82) is 5.26 Å². The van der Waals surface area contributed by atoms with E-state index in [1.165, 1.54) is 0 Å². The highest BCUT2D eigenvalue weighted by Crippen LogP contribution is 2.07. The first kappa shape index (κ1) is 11.3. The molecule has 0 saturated carbocycles. The Kier molecular flexibility index (Phi) is 3.87. The van der Waals surface area contributed by atoms with E-state index >= 15 is 0 Å². The number of hydrogen-bond acceptors (Lipinski definition) is 2. The van der Waals surface area contributed by atoms with Crippen LogP contribution in [0.5, 0.6) is 0 Å². The molecule has 0 fully saturated rings. The van der Waals surface area contributed by atoms with Crippen molar-refractivity contribution in [2.75, 3.05) is 14.1 Å². The van der Waals surface area contributed by atoms with Crippen LogP contribution in [0.1, 0.15) is 22.3 Å². The Morgan fingerprint density at radius 3 is 2.40 bits per heavy atom. The smallest absolute Gasteiger partial charge is 0.253 e. The van der Waals surface area contributed by atoms with Crippen LogP contribution < -0.4 is 0 Å². The number of aryl methyl sites for hydroxylation is 1. The summed E-state index contributed by atoms with van der Waals surface area (Å²) in [6, 6.07) is 9.49. The van der Waals surface area contributed by atoms with E-state index in [9.17, 15) is 4.79 Å². The molecular weight excluding hydrogens is 188 g/mol. The minimum absolute atomic E-state index is 0.00170. The Bertz CT molecular complexity index is 374. The quantitative estimate of drug-likeness (QED) is 0.750. The highest BCUT2D eigenvalue weighted by atomic mass is 16.2. The predicted octanol–water partition coefficient (Wildman–Crippen LogP) is 1.84. The first-order valence-electron chi connectivity index (χ1n) is 4.82. The molecule has 0 heterocycles. The second-order valence-corrected chi connectivity index (χ2v) is 3.55. The van der Waals surface area contributed by atoms with Crippen LogP contribution >= 0.6 is 0 Å². The molecule has 1 aromatic carbocycles. The van der Waals surface area contributed by atoms with Crippen molar-refractivity contribution < 1.29 is 4.79 Å². The van der Waals surface area contributed by atoms with Gasteiger partial charge in [-0.1, -0.05) is 12.1 Å². The molecule has 1 rings (SSSR count). The minimum atomic E-state index is 0.00170. The summed E-state index contributed by atoms with van der Waals surface area (Å²) in [5.41, 5.74) is 1.77. The predicted molar refractivity (Wildman–Crippen MR) is 58.4 cm³/mol. The molecule has 78 valence electrons. The van der Waals surface area contributed by atoms with Crippen LogP contribution in [0.15, 0.2) is 24.3 Å². The molecule has 0 aliphatic carbocycles. The number of carbonyl (C=O) groups is 1. The van der Waals surface area contributed by atoms with Crippen LogP contribution in [0.2, 0.25) is 0 Å². The lowest BCUT2D eigenvalue weighted by molar-refractivity contribution is 0.0827. The lowest BCUT2D eigenvalue weighted by Crippen LogP contribution is -2.21. The standard InChI is InChI=1S/C12H14N2O/c1-14(2)12(15)11-7-5-10(6-8-11)4-3-9-13/h5-8H,3-4H2,1-2H3. The molecule has 0 aliphatic rings. The zero-order chi connectivity index (χ0) is 11.3. The molecule has 3 heteroatoms. The van der Waals surface area contributed by atoms with Gasteiger partial charge in [-0.2, -0.15) is 5.26 Å². The lowest BCUT2D eigenvalue weighted by Gasteiger charge is -2.10. The van der Waals surface area contributed by atoms with Crippen molar-refractivity contribution in [1.82, 2.24) is 4.90 Å². The largest absolute Gasteiger partial charge is 0.345 e. The van der Waals surface area contributed by atoms with Crippen LogP contribution in [0.25, 0.3) is 0 Å². The minimum Gasteiger partial charge on any atom is -0.345 e. The van der Waals surface area contributed by atoms with Crippen LogP contribution in [0, 0.1) is 11.3 Å². The first-order valence-corrected chi connectivity index (χ1v) is 4.82. The zero-order valence-corrected chi connectivity index (χ0v) is 9.03. The summed E-state index contributed by atoms with van der Waals surface area (Å²) >= 11 is 0. The van der Waals surface area contributed by atoms with Gasteiger partial charge in [-0.15, -0.1) is 0 Å². The third-order valence-electron chi connectivity index (χ3n) is 2.13. The van der Waals surface area contributed by atoms with Crippen LogP contribution in [-0.4, -0.2) is 24.9 Å². The highest BCUT2D eigenvalue weighted by molar-refractivity contribution is 5.93. The van der Waals surface area contributed by atoms with Crippen LogP contribution in [0.3, 0.4) is 0 Å². The Hall–Kier alpha value is -1.82. The molecule has 0 atom stereocenters. The summed E-state index contributed by atoms with van der Waals surface area (Å²) in [6.07, 6.45) is 1.26. The average molecular weight is 202 g/mol. The Morgan fingerprint density at radius 1 is 1.33 bits per heavy atom. The molecule has 0 aromatic heterocycles. The fraction of sp³-hybridized carbons (Fsp3) is 0.333. The zero-order valence-electron chi connectivity index (χ0n) is 9.03. The van der Waals surface area contributed by atoms with Gasteiger partial charge in [0.2, 0.25) is 0 Å². The van der Waals surface area contributed by atoms with Gasteiger partial charge in [0.25, 0.3) is 5.91 Å². The number of carbonyl (C=O) groups excluding carboxylic acids is 1. The van der Waals surface area contributed by atoms with E-state index in [1.54, 1.807) is 31.1 Å². The molecule has 0 N–H and O–H groups in total. The van der Waals surface area contributed by atoms with Gasteiger partial charge in [0.05, 0.1) is 6.07 Å². The normalized spacial score (nSPS) is 9.40. The Labute approximate surface area is 89.9 Å². The van der Waals surface area contributed by atoms with Gasteiger partial charge < -0.3 is 4.90 Å². The van der Waals surface area contributed by atoms with E-state index in [4.69, 9.17) is 5.26 Å². The van der Waals surface area contributed by atoms with E-state index in [-0.39, 0.29) is 5.91 Å². The van der Waals surface area contributed by atoms with E-state index in [1.807, 2.05) is 12.1 Å². The molecule has 0 unspecified atom stereocenters. The molecule has 0 aliphatic heterocycles. The van der Waals surface area contributed by atoms with Crippen LogP contribution in [0.4, 0.5) is 0 Å². The van der Waals surface area contributed by atoms with Gasteiger partial charge in [0.15, 0.2) is 0 Å². The van der Waals surface area contributed by atoms with Gasteiger partial charge in [0, 0.05) is 26.1 Å². The van der Waals surface area contributed by atoms with Gasteiger partial charge >= 0.3 is 0 Å². The second-order valence-electron chi connectivity index (χ2n) is 3.55. The van der Waals surface area contributed by atoms with E-state index in [2.05, 4.69) is 6.07 Å². The molecule has 3 nitrogen and oxygen atoms in total. The summed E-state index contributed by atoms with van der Waals surface area (Å²) < 4.78 is 0. The molecular formula is C12H14N2O. The maximum absolute atomic E-state index is 11.5. The molecule has 0 bridgehead atoms. The third kappa shape index (κ3) is 3.10. The summed E-state index contributed by atoms with van der Waals surface area (Å²) in [5.74, 6) is 0.00170. The molecule has 0 spiro atoms.